The van der Waals surface area contributed by atoms with Gasteiger partial charge in [-0.25, -0.2) is 0 Å². The summed E-state index contributed by atoms with van der Waals surface area (Å²) in [5, 5.41) is 4.45. The van der Waals surface area contributed by atoms with Gasteiger partial charge in [-0.15, -0.1) is 0 Å². The predicted octanol–water partition coefficient (Wildman–Crippen LogP) is 4.73. The molecule has 2 heteroatoms. The molecule has 0 aliphatic carbocycles. The van der Waals surface area contributed by atoms with Gasteiger partial charge in [0.2, 0.25) is 0 Å². The number of anilines is 1. The van der Waals surface area contributed by atoms with Gasteiger partial charge in [0.15, 0.2) is 0 Å². The van der Waals surface area contributed by atoms with Crippen molar-refractivity contribution >= 4 is 17.3 Å². The molecule has 20 heavy (non-hydrogen) atoms. The van der Waals surface area contributed by atoms with Crippen LogP contribution in [0.3, 0.4) is 0 Å². The summed E-state index contributed by atoms with van der Waals surface area (Å²) in [5.74, 6) is 0.663. The van der Waals surface area contributed by atoms with Crippen LogP contribution in [-0.2, 0) is 19.3 Å². The molecule has 2 aromatic rings. The zero-order valence-corrected chi connectivity index (χ0v) is 12.6. The Balaban J connectivity index is 1.74. The van der Waals surface area contributed by atoms with Crippen LogP contribution in [0, 0.1) is 5.92 Å². The van der Waals surface area contributed by atoms with Crippen LogP contribution in [-0.4, -0.2) is 6.54 Å². The monoisotopic (exact) mass is 285 g/mol. The van der Waals surface area contributed by atoms with Crippen LogP contribution in [0.25, 0.3) is 0 Å². The van der Waals surface area contributed by atoms with Crippen molar-refractivity contribution in [2.24, 2.45) is 5.92 Å². The molecule has 1 aliphatic heterocycles. The van der Waals surface area contributed by atoms with Crippen molar-refractivity contribution in [1.29, 1.82) is 0 Å². The van der Waals surface area contributed by atoms with Gasteiger partial charge in [-0.05, 0) is 54.0 Å². The predicted molar refractivity (Wildman–Crippen MR) is 86.7 cm³/mol. The summed E-state index contributed by atoms with van der Waals surface area (Å²) in [6.07, 6.45) is 3.37. The third kappa shape index (κ3) is 2.83. The number of halogens is 1. The van der Waals surface area contributed by atoms with Crippen molar-refractivity contribution in [3.8, 4) is 0 Å². The quantitative estimate of drug-likeness (QED) is 0.860. The zero-order valence-electron chi connectivity index (χ0n) is 11.8. The lowest BCUT2D eigenvalue weighted by Crippen LogP contribution is -2.25. The fraction of sp³-hybridized carbons (Fsp3) is 0.333. The van der Waals surface area contributed by atoms with Crippen molar-refractivity contribution in [3.63, 3.8) is 0 Å². The van der Waals surface area contributed by atoms with E-state index in [2.05, 4.69) is 42.6 Å². The molecule has 0 saturated carbocycles. The second-order valence-corrected chi connectivity index (χ2v) is 6.02. The highest BCUT2D eigenvalue weighted by Gasteiger charge is 2.19. The second kappa shape index (κ2) is 5.88. The van der Waals surface area contributed by atoms with Crippen molar-refractivity contribution in [2.75, 3.05) is 11.9 Å². The van der Waals surface area contributed by atoms with Crippen molar-refractivity contribution in [1.82, 2.24) is 0 Å². The Morgan fingerprint density at radius 1 is 1.15 bits per heavy atom. The number of para-hydroxylation sites is 1. The van der Waals surface area contributed by atoms with E-state index in [-0.39, 0.29) is 0 Å². The lowest BCUT2D eigenvalue weighted by molar-refractivity contribution is 0.534. The highest BCUT2D eigenvalue weighted by Crippen LogP contribution is 2.30. The van der Waals surface area contributed by atoms with Gasteiger partial charge in [0.05, 0.1) is 0 Å². The summed E-state index contributed by atoms with van der Waals surface area (Å²) < 4.78 is 0. The molecule has 1 N–H and O–H groups in total. The van der Waals surface area contributed by atoms with E-state index in [1.165, 1.54) is 28.8 Å². The van der Waals surface area contributed by atoms with Crippen molar-refractivity contribution in [3.05, 3.63) is 64.2 Å². The number of hydrogen-bond donors (Lipinski definition) is 1. The lowest BCUT2D eigenvalue weighted by Gasteiger charge is -2.28. The highest BCUT2D eigenvalue weighted by atomic mass is 35.5. The van der Waals surface area contributed by atoms with Gasteiger partial charge in [-0.1, -0.05) is 48.9 Å². The first-order valence-corrected chi connectivity index (χ1v) is 7.73. The third-order valence-electron chi connectivity index (χ3n) is 4.13. The Morgan fingerprint density at radius 2 is 1.95 bits per heavy atom. The second-order valence-electron chi connectivity index (χ2n) is 5.59. The van der Waals surface area contributed by atoms with E-state index >= 15 is 0 Å². The average Bonchev–Trinajstić information content (AvgIpc) is 2.49. The first kappa shape index (κ1) is 13.5. The third-order valence-corrected chi connectivity index (χ3v) is 4.38. The smallest absolute Gasteiger partial charge is 0.0406 e. The minimum absolute atomic E-state index is 0.663. The molecule has 0 amide bonds. The summed E-state index contributed by atoms with van der Waals surface area (Å²) in [5.41, 5.74) is 5.65. The number of aryl methyl sites for hydroxylation is 1. The molecule has 0 bridgehead atoms. The molecule has 2 aromatic carbocycles. The molecule has 1 nitrogen and oxygen atoms in total. The maximum absolute atomic E-state index is 5.94. The Bertz CT molecular complexity index is 589. The molecule has 3 rings (SSSR count). The van der Waals surface area contributed by atoms with Crippen LogP contribution in [0.15, 0.2) is 42.5 Å². The molecule has 1 heterocycles. The van der Waals surface area contributed by atoms with E-state index in [9.17, 15) is 0 Å². The van der Waals surface area contributed by atoms with Crippen LogP contribution in [0.2, 0.25) is 5.02 Å². The summed E-state index contributed by atoms with van der Waals surface area (Å²) in [7, 11) is 0. The van der Waals surface area contributed by atoms with E-state index in [4.69, 9.17) is 11.6 Å². The first-order chi connectivity index (χ1) is 9.76. The van der Waals surface area contributed by atoms with Gasteiger partial charge in [-0.2, -0.15) is 0 Å². The summed E-state index contributed by atoms with van der Waals surface area (Å²) in [6, 6.07) is 14.9. The normalized spacial score (nSPS) is 17.4. The molecule has 1 unspecified atom stereocenters. The SMILES string of the molecule is CCc1cccc2c1NCC(Cc1ccc(Cl)cc1)C2. The van der Waals surface area contributed by atoms with Gasteiger partial charge in [0, 0.05) is 17.3 Å². The Kier molecular flexibility index (Phi) is 3.98. The Hall–Kier alpha value is -1.47. The van der Waals surface area contributed by atoms with Crippen LogP contribution >= 0.6 is 11.6 Å². The van der Waals surface area contributed by atoms with E-state index in [1.807, 2.05) is 12.1 Å². The van der Waals surface area contributed by atoms with E-state index in [0.29, 0.717) is 5.92 Å². The Morgan fingerprint density at radius 3 is 2.70 bits per heavy atom. The average molecular weight is 286 g/mol. The lowest BCUT2D eigenvalue weighted by atomic mass is 9.87. The number of hydrogen-bond acceptors (Lipinski definition) is 1. The van der Waals surface area contributed by atoms with Crippen molar-refractivity contribution < 1.29 is 0 Å². The van der Waals surface area contributed by atoms with Crippen LogP contribution < -0.4 is 5.32 Å². The molecule has 1 atom stereocenters. The number of fused-ring (bicyclic) bond motifs is 1. The first-order valence-electron chi connectivity index (χ1n) is 7.35. The van der Waals surface area contributed by atoms with Gasteiger partial charge in [0.1, 0.15) is 0 Å². The van der Waals surface area contributed by atoms with Gasteiger partial charge in [-0.3, -0.25) is 0 Å². The standard InChI is InChI=1S/C18H20ClN/c1-2-15-4-3-5-16-11-14(12-20-18(15)16)10-13-6-8-17(19)9-7-13/h3-9,14,20H,2,10-12H2,1H3. The van der Waals surface area contributed by atoms with Crippen LogP contribution in [0.5, 0.6) is 0 Å². The molecular formula is C18H20ClN. The molecule has 0 saturated heterocycles. The molecule has 0 aromatic heterocycles. The minimum atomic E-state index is 0.663. The molecule has 0 radical (unpaired) electrons. The maximum Gasteiger partial charge on any atom is 0.0406 e. The number of rotatable bonds is 3. The number of benzene rings is 2. The Labute approximate surface area is 126 Å². The largest absolute Gasteiger partial charge is 0.384 e. The number of nitrogens with one attached hydrogen (secondary N) is 1. The van der Waals surface area contributed by atoms with E-state index < -0.39 is 0 Å². The van der Waals surface area contributed by atoms with E-state index in [1.54, 1.807) is 0 Å². The van der Waals surface area contributed by atoms with Crippen molar-refractivity contribution in [2.45, 2.75) is 26.2 Å². The summed E-state index contributed by atoms with van der Waals surface area (Å²) in [4.78, 5) is 0. The summed E-state index contributed by atoms with van der Waals surface area (Å²) in [6.45, 7) is 3.28. The minimum Gasteiger partial charge on any atom is -0.384 e. The summed E-state index contributed by atoms with van der Waals surface area (Å²) >= 11 is 5.94. The van der Waals surface area contributed by atoms with Crippen LogP contribution in [0.1, 0.15) is 23.6 Å². The fourth-order valence-corrected chi connectivity index (χ4v) is 3.20. The van der Waals surface area contributed by atoms with Gasteiger partial charge in [0.25, 0.3) is 0 Å². The molecular weight excluding hydrogens is 266 g/mol. The molecule has 0 fully saturated rings. The molecule has 0 spiro atoms. The maximum atomic E-state index is 5.94. The van der Waals surface area contributed by atoms with Gasteiger partial charge >= 0.3 is 0 Å². The van der Waals surface area contributed by atoms with Gasteiger partial charge < -0.3 is 5.32 Å². The molecule has 1 aliphatic rings. The zero-order chi connectivity index (χ0) is 13.9. The van der Waals surface area contributed by atoms with E-state index in [0.717, 1.165) is 24.4 Å². The topological polar surface area (TPSA) is 12.0 Å². The highest BCUT2D eigenvalue weighted by molar-refractivity contribution is 6.30. The molecule has 104 valence electrons. The van der Waals surface area contributed by atoms with Crippen LogP contribution in [0.4, 0.5) is 5.69 Å². The fourth-order valence-electron chi connectivity index (χ4n) is 3.07.